The standard InChI is InChI=1S/C18H27N3O2S/c1-13(10-20-11-18(22)17-12-24-14(2)21-17)15-4-6-16(7-5-15)23-9-8-19-3/h4-7,12-13,18-20,22H,8-11H2,1-3H3. The van der Waals surface area contributed by atoms with E-state index in [1.807, 2.05) is 31.5 Å². The Hall–Kier alpha value is -1.47. The summed E-state index contributed by atoms with van der Waals surface area (Å²) in [5, 5.41) is 19.4. The molecule has 0 saturated carbocycles. The van der Waals surface area contributed by atoms with Gasteiger partial charge in [-0.15, -0.1) is 11.3 Å². The summed E-state index contributed by atoms with van der Waals surface area (Å²) in [5.74, 6) is 1.25. The third-order valence-electron chi connectivity index (χ3n) is 3.84. The first-order valence-electron chi connectivity index (χ1n) is 8.28. The van der Waals surface area contributed by atoms with Crippen LogP contribution in [-0.4, -0.2) is 43.4 Å². The fourth-order valence-electron chi connectivity index (χ4n) is 2.36. The van der Waals surface area contributed by atoms with Crippen LogP contribution < -0.4 is 15.4 Å². The Morgan fingerprint density at radius 3 is 2.62 bits per heavy atom. The summed E-state index contributed by atoms with van der Waals surface area (Å²) in [7, 11) is 1.91. The number of nitrogens with one attached hydrogen (secondary N) is 2. The molecule has 6 heteroatoms. The molecule has 0 radical (unpaired) electrons. The lowest BCUT2D eigenvalue weighted by molar-refractivity contribution is 0.170. The van der Waals surface area contributed by atoms with Gasteiger partial charge in [0.2, 0.25) is 0 Å². The molecular weight excluding hydrogens is 322 g/mol. The van der Waals surface area contributed by atoms with Crippen molar-refractivity contribution in [3.8, 4) is 5.75 Å². The number of likely N-dealkylation sites (N-methyl/N-ethyl adjacent to an activating group) is 1. The molecule has 24 heavy (non-hydrogen) atoms. The van der Waals surface area contributed by atoms with Gasteiger partial charge in [-0.3, -0.25) is 0 Å². The molecule has 132 valence electrons. The summed E-state index contributed by atoms with van der Waals surface area (Å²) < 4.78 is 5.63. The SMILES string of the molecule is CNCCOc1ccc(C(C)CNCC(O)c2csc(C)n2)cc1. The molecular formula is C18H27N3O2S. The number of rotatable bonds is 10. The first-order chi connectivity index (χ1) is 11.6. The number of benzene rings is 1. The topological polar surface area (TPSA) is 66.4 Å². The van der Waals surface area contributed by atoms with Crippen LogP contribution >= 0.6 is 11.3 Å². The summed E-state index contributed by atoms with van der Waals surface area (Å²) in [6.45, 7) is 6.94. The normalized spacial score (nSPS) is 13.7. The van der Waals surface area contributed by atoms with E-state index in [1.165, 1.54) is 5.56 Å². The van der Waals surface area contributed by atoms with E-state index in [2.05, 4.69) is 34.7 Å². The molecule has 2 atom stereocenters. The lowest BCUT2D eigenvalue weighted by Crippen LogP contribution is -2.25. The molecule has 0 aliphatic rings. The van der Waals surface area contributed by atoms with Crippen LogP contribution in [0, 0.1) is 6.92 Å². The Kier molecular flexibility index (Phi) is 7.65. The quantitative estimate of drug-likeness (QED) is 0.575. The second kappa shape index (κ2) is 9.74. The maximum Gasteiger partial charge on any atom is 0.119 e. The second-order valence-corrected chi connectivity index (χ2v) is 6.95. The number of ether oxygens (including phenoxy) is 1. The summed E-state index contributed by atoms with van der Waals surface area (Å²) >= 11 is 1.56. The van der Waals surface area contributed by atoms with Crippen LogP contribution in [0.3, 0.4) is 0 Å². The minimum absolute atomic E-state index is 0.362. The molecule has 0 aliphatic carbocycles. The number of aliphatic hydroxyl groups is 1. The molecule has 1 aromatic heterocycles. The van der Waals surface area contributed by atoms with Crippen molar-refractivity contribution in [3.63, 3.8) is 0 Å². The van der Waals surface area contributed by atoms with Gasteiger partial charge in [0, 0.05) is 25.0 Å². The molecule has 0 fully saturated rings. The van der Waals surface area contributed by atoms with Crippen LogP contribution in [0.25, 0.3) is 0 Å². The average molecular weight is 350 g/mol. The zero-order chi connectivity index (χ0) is 17.4. The number of hydrogen-bond donors (Lipinski definition) is 3. The van der Waals surface area contributed by atoms with Crippen molar-refractivity contribution in [2.75, 3.05) is 33.3 Å². The molecule has 0 spiro atoms. The van der Waals surface area contributed by atoms with Gasteiger partial charge in [0.1, 0.15) is 18.5 Å². The fourth-order valence-corrected chi connectivity index (χ4v) is 3.01. The summed E-state index contributed by atoms with van der Waals surface area (Å²) in [4.78, 5) is 4.32. The Labute approximate surface area is 148 Å². The molecule has 3 N–H and O–H groups in total. The van der Waals surface area contributed by atoms with Crippen molar-refractivity contribution >= 4 is 11.3 Å². The van der Waals surface area contributed by atoms with E-state index in [4.69, 9.17) is 4.74 Å². The maximum atomic E-state index is 10.1. The van der Waals surface area contributed by atoms with Gasteiger partial charge in [0.15, 0.2) is 0 Å². The van der Waals surface area contributed by atoms with Crippen molar-refractivity contribution < 1.29 is 9.84 Å². The highest BCUT2D eigenvalue weighted by Crippen LogP contribution is 2.19. The number of nitrogens with zero attached hydrogens (tertiary/aromatic N) is 1. The minimum atomic E-state index is -0.551. The number of hydrogen-bond acceptors (Lipinski definition) is 6. The van der Waals surface area contributed by atoms with Crippen LogP contribution in [0.1, 0.15) is 35.2 Å². The van der Waals surface area contributed by atoms with E-state index in [1.54, 1.807) is 11.3 Å². The van der Waals surface area contributed by atoms with Crippen LogP contribution in [0.2, 0.25) is 0 Å². The van der Waals surface area contributed by atoms with E-state index in [-0.39, 0.29) is 0 Å². The Bertz CT molecular complexity index is 601. The van der Waals surface area contributed by atoms with Crippen molar-refractivity contribution in [2.45, 2.75) is 25.9 Å². The fraction of sp³-hybridized carbons (Fsp3) is 0.500. The average Bonchev–Trinajstić information content (AvgIpc) is 3.02. The van der Waals surface area contributed by atoms with E-state index in [9.17, 15) is 5.11 Å². The maximum absolute atomic E-state index is 10.1. The molecule has 0 bridgehead atoms. The zero-order valence-electron chi connectivity index (χ0n) is 14.6. The minimum Gasteiger partial charge on any atom is -0.492 e. The smallest absolute Gasteiger partial charge is 0.119 e. The van der Waals surface area contributed by atoms with Gasteiger partial charge >= 0.3 is 0 Å². The van der Waals surface area contributed by atoms with Gasteiger partial charge in [0.05, 0.1) is 10.7 Å². The first-order valence-corrected chi connectivity index (χ1v) is 9.16. The zero-order valence-corrected chi connectivity index (χ0v) is 15.4. The van der Waals surface area contributed by atoms with Gasteiger partial charge in [-0.25, -0.2) is 4.98 Å². The monoisotopic (exact) mass is 349 g/mol. The van der Waals surface area contributed by atoms with Gasteiger partial charge in [0.25, 0.3) is 0 Å². The molecule has 0 saturated heterocycles. The van der Waals surface area contributed by atoms with E-state index in [0.717, 1.165) is 29.5 Å². The number of thiazole rings is 1. The summed E-state index contributed by atoms with van der Waals surface area (Å²) in [5.41, 5.74) is 2.00. The number of aliphatic hydroxyl groups excluding tert-OH is 1. The first kappa shape index (κ1) is 18.9. The van der Waals surface area contributed by atoms with Crippen LogP contribution in [0.5, 0.6) is 5.75 Å². The van der Waals surface area contributed by atoms with E-state index < -0.39 is 6.10 Å². The molecule has 0 aliphatic heterocycles. The number of aromatic nitrogens is 1. The Morgan fingerprint density at radius 1 is 1.25 bits per heavy atom. The van der Waals surface area contributed by atoms with E-state index >= 15 is 0 Å². The van der Waals surface area contributed by atoms with Gasteiger partial charge in [-0.05, 0) is 37.6 Å². The predicted octanol–water partition coefficient (Wildman–Crippen LogP) is 2.48. The van der Waals surface area contributed by atoms with Crippen LogP contribution in [0.15, 0.2) is 29.6 Å². The highest BCUT2D eigenvalue weighted by atomic mass is 32.1. The Morgan fingerprint density at radius 2 is 2.00 bits per heavy atom. The molecule has 2 rings (SSSR count). The van der Waals surface area contributed by atoms with Crippen molar-refractivity contribution in [1.82, 2.24) is 15.6 Å². The van der Waals surface area contributed by atoms with Gasteiger partial charge in [-0.1, -0.05) is 19.1 Å². The Balaban J connectivity index is 1.74. The molecule has 1 heterocycles. The largest absolute Gasteiger partial charge is 0.492 e. The molecule has 2 aromatic rings. The van der Waals surface area contributed by atoms with Crippen molar-refractivity contribution in [1.29, 1.82) is 0 Å². The third kappa shape index (κ3) is 5.87. The number of aryl methyl sites for hydroxylation is 1. The van der Waals surface area contributed by atoms with E-state index in [0.29, 0.717) is 19.1 Å². The highest BCUT2D eigenvalue weighted by Gasteiger charge is 2.12. The second-order valence-electron chi connectivity index (χ2n) is 5.89. The van der Waals surface area contributed by atoms with Crippen LogP contribution in [-0.2, 0) is 0 Å². The molecule has 2 unspecified atom stereocenters. The molecule has 0 amide bonds. The van der Waals surface area contributed by atoms with Crippen molar-refractivity contribution in [2.24, 2.45) is 0 Å². The summed E-state index contributed by atoms with van der Waals surface area (Å²) in [6, 6.07) is 8.21. The van der Waals surface area contributed by atoms with Crippen LogP contribution in [0.4, 0.5) is 0 Å². The van der Waals surface area contributed by atoms with Gasteiger partial charge in [-0.2, -0.15) is 0 Å². The van der Waals surface area contributed by atoms with Crippen molar-refractivity contribution in [3.05, 3.63) is 45.9 Å². The lowest BCUT2D eigenvalue weighted by atomic mass is 10.0. The summed E-state index contributed by atoms with van der Waals surface area (Å²) in [6.07, 6.45) is -0.551. The molecule has 5 nitrogen and oxygen atoms in total. The van der Waals surface area contributed by atoms with Gasteiger partial charge < -0.3 is 20.5 Å². The highest BCUT2D eigenvalue weighted by molar-refractivity contribution is 7.09. The lowest BCUT2D eigenvalue weighted by Gasteiger charge is -2.15. The molecule has 1 aromatic carbocycles. The predicted molar refractivity (Wildman–Crippen MR) is 99.0 cm³/mol. The third-order valence-corrected chi connectivity index (χ3v) is 4.63.